The number of aromatic nitrogens is 3. The molecule has 20 heavy (non-hydrogen) atoms. The van der Waals surface area contributed by atoms with Gasteiger partial charge in [-0.15, -0.1) is 0 Å². The van der Waals surface area contributed by atoms with Crippen LogP contribution in [0.2, 0.25) is 0 Å². The van der Waals surface area contributed by atoms with Crippen molar-refractivity contribution in [1.29, 1.82) is 0 Å². The molecule has 0 unspecified atom stereocenters. The fraction of sp³-hybridized carbons (Fsp3) is 0.111. The Labute approximate surface area is 106 Å². The highest BCUT2D eigenvalue weighted by molar-refractivity contribution is 6.02. The molecule has 1 amide bonds. The van der Waals surface area contributed by atoms with Gasteiger partial charge in [-0.3, -0.25) is 14.7 Å². The van der Waals surface area contributed by atoms with E-state index in [4.69, 9.17) is 5.11 Å². The fourth-order valence-corrected chi connectivity index (χ4v) is 1.41. The van der Waals surface area contributed by atoms with Gasteiger partial charge < -0.3 is 15.4 Å². The first kappa shape index (κ1) is 13.6. The first-order chi connectivity index (χ1) is 9.20. The van der Waals surface area contributed by atoms with Crippen LogP contribution in [0.5, 0.6) is 0 Å². The molecule has 2 aromatic heterocycles. The second-order valence-electron chi connectivity index (χ2n) is 3.63. The molecule has 11 heteroatoms. The van der Waals surface area contributed by atoms with E-state index in [1.807, 2.05) is 0 Å². The van der Waals surface area contributed by atoms with Crippen LogP contribution in [0.3, 0.4) is 0 Å². The number of aromatic carboxylic acids is 1. The SMILES string of the molecule is O=C(O)c1cc2c(NC(=O)C(F)(F)F)[nH]nc2[nH]c1=O. The number of carboxylic acid groups (broad SMARTS) is 1. The van der Waals surface area contributed by atoms with Crippen molar-refractivity contribution in [1.82, 2.24) is 15.2 Å². The van der Waals surface area contributed by atoms with E-state index in [2.05, 4.69) is 15.2 Å². The normalized spacial score (nSPS) is 11.6. The Hall–Kier alpha value is -2.85. The van der Waals surface area contributed by atoms with Gasteiger partial charge in [0.15, 0.2) is 5.65 Å². The molecule has 0 spiro atoms. The number of rotatable bonds is 2. The summed E-state index contributed by atoms with van der Waals surface area (Å²) in [6.45, 7) is 0. The van der Waals surface area contributed by atoms with Gasteiger partial charge in [0.2, 0.25) is 0 Å². The maximum absolute atomic E-state index is 12.1. The van der Waals surface area contributed by atoms with Crippen molar-refractivity contribution >= 4 is 28.7 Å². The molecule has 4 N–H and O–H groups in total. The van der Waals surface area contributed by atoms with E-state index in [1.54, 1.807) is 0 Å². The number of hydrogen-bond acceptors (Lipinski definition) is 4. The average Bonchev–Trinajstić information content (AvgIpc) is 2.69. The number of nitrogens with one attached hydrogen (secondary N) is 3. The van der Waals surface area contributed by atoms with Crippen molar-refractivity contribution in [2.45, 2.75) is 6.18 Å². The average molecular weight is 290 g/mol. The molecule has 0 aliphatic heterocycles. The number of carbonyl (C=O) groups is 2. The van der Waals surface area contributed by atoms with Crippen molar-refractivity contribution in [2.75, 3.05) is 5.32 Å². The largest absolute Gasteiger partial charge is 0.477 e. The molecule has 0 atom stereocenters. The van der Waals surface area contributed by atoms with Crippen LogP contribution in [0, 0.1) is 0 Å². The van der Waals surface area contributed by atoms with Gasteiger partial charge in [-0.1, -0.05) is 0 Å². The lowest BCUT2D eigenvalue weighted by atomic mass is 10.2. The standard InChI is InChI=1S/C9H5F3N4O4/c10-9(11,12)8(20)14-5-2-1-3(7(18)19)6(17)13-4(2)15-16-5/h1H,(H,18,19)(H3,13,14,15,16,17,20). The third-order valence-electron chi connectivity index (χ3n) is 2.30. The maximum Gasteiger partial charge on any atom is 0.471 e. The molecule has 0 bridgehead atoms. The first-order valence-corrected chi connectivity index (χ1v) is 4.93. The molecule has 0 fully saturated rings. The van der Waals surface area contributed by atoms with E-state index < -0.39 is 35.0 Å². The van der Waals surface area contributed by atoms with Crippen LogP contribution in [0.4, 0.5) is 19.0 Å². The predicted octanol–water partition coefficient (Wildman–Crippen LogP) is 0.450. The third-order valence-corrected chi connectivity index (χ3v) is 2.30. The summed E-state index contributed by atoms with van der Waals surface area (Å²) in [5.41, 5.74) is -1.84. The maximum atomic E-state index is 12.1. The van der Waals surface area contributed by atoms with Gasteiger partial charge in [0.25, 0.3) is 5.56 Å². The van der Waals surface area contributed by atoms with E-state index >= 15 is 0 Å². The number of H-pyrrole nitrogens is 2. The lowest BCUT2D eigenvalue weighted by Gasteiger charge is -2.05. The summed E-state index contributed by atoms with van der Waals surface area (Å²) in [7, 11) is 0. The highest BCUT2D eigenvalue weighted by Crippen LogP contribution is 2.22. The molecule has 0 aliphatic rings. The highest BCUT2D eigenvalue weighted by Gasteiger charge is 2.39. The van der Waals surface area contributed by atoms with Crippen molar-refractivity contribution in [2.24, 2.45) is 0 Å². The minimum absolute atomic E-state index is 0.167. The van der Waals surface area contributed by atoms with E-state index in [-0.39, 0.29) is 11.0 Å². The Morgan fingerprint density at radius 1 is 1.35 bits per heavy atom. The second-order valence-corrected chi connectivity index (χ2v) is 3.63. The van der Waals surface area contributed by atoms with E-state index in [1.165, 1.54) is 5.32 Å². The number of anilines is 1. The molecular weight excluding hydrogens is 285 g/mol. The molecule has 0 radical (unpaired) electrons. The Morgan fingerprint density at radius 3 is 2.55 bits per heavy atom. The molecule has 8 nitrogen and oxygen atoms in total. The van der Waals surface area contributed by atoms with E-state index in [0.717, 1.165) is 6.07 Å². The number of alkyl halides is 3. The highest BCUT2D eigenvalue weighted by atomic mass is 19.4. The number of fused-ring (bicyclic) bond motifs is 1. The molecule has 2 rings (SSSR count). The third kappa shape index (κ3) is 2.32. The topological polar surface area (TPSA) is 128 Å². The van der Waals surface area contributed by atoms with Crippen LogP contribution in [-0.2, 0) is 4.79 Å². The smallest absolute Gasteiger partial charge is 0.471 e. The van der Waals surface area contributed by atoms with Crippen LogP contribution in [0.15, 0.2) is 10.9 Å². The second kappa shape index (κ2) is 4.36. The number of halogens is 3. The van der Waals surface area contributed by atoms with Gasteiger partial charge in [-0.05, 0) is 6.07 Å². The molecule has 0 saturated heterocycles. The number of carboxylic acids is 1. The summed E-state index contributed by atoms with van der Waals surface area (Å²) in [6, 6.07) is 0.811. The zero-order valence-electron chi connectivity index (χ0n) is 9.33. The van der Waals surface area contributed by atoms with Gasteiger partial charge in [0.1, 0.15) is 11.4 Å². The summed E-state index contributed by atoms with van der Waals surface area (Å²) >= 11 is 0. The predicted molar refractivity (Wildman–Crippen MR) is 58.4 cm³/mol. The Bertz CT molecular complexity index is 761. The van der Waals surface area contributed by atoms with E-state index in [9.17, 15) is 27.6 Å². The number of carbonyl (C=O) groups excluding carboxylic acids is 1. The molecule has 0 aliphatic carbocycles. The summed E-state index contributed by atoms with van der Waals surface area (Å²) in [5, 5.41) is 15.6. The van der Waals surface area contributed by atoms with Gasteiger partial charge in [-0.2, -0.15) is 18.3 Å². The van der Waals surface area contributed by atoms with Crippen molar-refractivity contribution in [3.8, 4) is 0 Å². The number of pyridine rings is 1. The molecule has 2 aromatic rings. The lowest BCUT2D eigenvalue weighted by molar-refractivity contribution is -0.167. The Kier molecular flexibility index (Phi) is 2.96. The van der Waals surface area contributed by atoms with Crippen molar-refractivity contribution in [3.63, 3.8) is 0 Å². The lowest BCUT2D eigenvalue weighted by Crippen LogP contribution is -2.30. The number of hydrogen-bond donors (Lipinski definition) is 4. The molecular formula is C9H5F3N4O4. The van der Waals surface area contributed by atoms with Gasteiger partial charge in [0.05, 0.1) is 5.39 Å². The zero-order chi connectivity index (χ0) is 15.1. The summed E-state index contributed by atoms with van der Waals surface area (Å²) in [5.74, 6) is -4.30. The summed E-state index contributed by atoms with van der Waals surface area (Å²) < 4.78 is 36.3. The van der Waals surface area contributed by atoms with Crippen LogP contribution in [0.1, 0.15) is 10.4 Å². The minimum atomic E-state index is -5.12. The van der Waals surface area contributed by atoms with E-state index in [0.29, 0.717) is 0 Å². The Morgan fingerprint density at radius 2 is 2.00 bits per heavy atom. The summed E-state index contributed by atoms with van der Waals surface area (Å²) in [4.78, 5) is 34.9. The Balaban J connectivity index is 2.51. The number of aromatic amines is 2. The number of nitrogens with zero attached hydrogens (tertiary/aromatic N) is 1. The van der Waals surface area contributed by atoms with Crippen LogP contribution in [0.25, 0.3) is 11.0 Å². The molecule has 0 saturated carbocycles. The van der Waals surface area contributed by atoms with Gasteiger partial charge in [-0.25, -0.2) is 4.79 Å². The van der Waals surface area contributed by atoms with Crippen LogP contribution >= 0.6 is 0 Å². The number of amides is 1. The minimum Gasteiger partial charge on any atom is -0.477 e. The van der Waals surface area contributed by atoms with Gasteiger partial charge >= 0.3 is 18.1 Å². The van der Waals surface area contributed by atoms with Crippen molar-refractivity contribution < 1.29 is 27.9 Å². The zero-order valence-corrected chi connectivity index (χ0v) is 9.33. The quantitative estimate of drug-likeness (QED) is 0.638. The van der Waals surface area contributed by atoms with Crippen molar-refractivity contribution in [3.05, 3.63) is 22.0 Å². The first-order valence-electron chi connectivity index (χ1n) is 4.93. The summed E-state index contributed by atoms with van der Waals surface area (Å²) in [6.07, 6.45) is -5.12. The fourth-order valence-electron chi connectivity index (χ4n) is 1.41. The van der Waals surface area contributed by atoms with Crippen LogP contribution in [-0.4, -0.2) is 38.3 Å². The molecule has 2 heterocycles. The molecule has 0 aromatic carbocycles. The van der Waals surface area contributed by atoms with Gasteiger partial charge in [0, 0.05) is 0 Å². The van der Waals surface area contributed by atoms with Crippen LogP contribution < -0.4 is 10.9 Å². The monoisotopic (exact) mass is 290 g/mol. The molecule has 106 valence electrons.